The van der Waals surface area contributed by atoms with Crippen LogP contribution in [-0.2, 0) is 0 Å². The van der Waals surface area contributed by atoms with E-state index in [1.54, 1.807) is 0 Å². The van der Waals surface area contributed by atoms with Gasteiger partial charge in [-0.3, -0.25) is 0 Å². The summed E-state index contributed by atoms with van der Waals surface area (Å²) in [5, 5.41) is 6.75. The minimum Gasteiger partial charge on any atom is -0.456 e. The van der Waals surface area contributed by atoms with E-state index in [1.807, 2.05) is 42.5 Å². The Morgan fingerprint density at radius 1 is 0.414 bits per heavy atom. The average molecular weight is 744 g/mol. The van der Waals surface area contributed by atoms with Gasteiger partial charge in [0.15, 0.2) is 5.58 Å². The summed E-state index contributed by atoms with van der Waals surface area (Å²) in [6, 6.07) is 70.4. The molecule has 12 rings (SSSR count). The molecule has 5 nitrogen and oxygen atoms in total. The third-order valence-corrected chi connectivity index (χ3v) is 11.4. The monoisotopic (exact) mass is 743 g/mol. The first-order valence-electron chi connectivity index (χ1n) is 19.5. The standard InChI is InChI=1S/C53H33N3O2/c1-3-13-35(14-4-1)53-54-51-45(31-36-15-7-8-18-41(36)52(51)58-53)34-23-25-38(26-24-34)55(39-28-30-50-46(32-39)44-20-10-12-22-49(44)57-50)40-27-29-43-42-19-9-11-21-47(42)56(48(43)33-40)37-16-5-2-6-17-37/h1-33H. The molecule has 0 aliphatic heterocycles. The molecule has 0 amide bonds. The fourth-order valence-corrected chi connectivity index (χ4v) is 8.71. The van der Waals surface area contributed by atoms with Gasteiger partial charge in [0.05, 0.1) is 11.0 Å². The Morgan fingerprint density at radius 3 is 1.90 bits per heavy atom. The minimum absolute atomic E-state index is 0.612. The summed E-state index contributed by atoms with van der Waals surface area (Å²) >= 11 is 0. The lowest BCUT2D eigenvalue weighted by molar-refractivity contribution is 0.623. The number of fused-ring (bicyclic) bond motifs is 9. The largest absolute Gasteiger partial charge is 0.456 e. The van der Waals surface area contributed by atoms with Gasteiger partial charge in [-0.1, -0.05) is 115 Å². The zero-order chi connectivity index (χ0) is 38.2. The van der Waals surface area contributed by atoms with Crippen LogP contribution >= 0.6 is 0 Å². The van der Waals surface area contributed by atoms with Crippen LogP contribution in [0.5, 0.6) is 0 Å². The van der Waals surface area contributed by atoms with Gasteiger partial charge in [0.25, 0.3) is 0 Å². The van der Waals surface area contributed by atoms with Gasteiger partial charge in [-0.2, -0.15) is 0 Å². The first-order valence-corrected chi connectivity index (χ1v) is 19.5. The van der Waals surface area contributed by atoms with Crippen LogP contribution in [0.4, 0.5) is 17.1 Å². The number of hydrogen-bond acceptors (Lipinski definition) is 4. The van der Waals surface area contributed by atoms with Gasteiger partial charge in [0.1, 0.15) is 16.7 Å². The first kappa shape index (κ1) is 32.4. The second kappa shape index (κ2) is 12.8. The molecule has 0 unspecified atom stereocenters. The molecule has 0 N–H and O–H groups in total. The van der Waals surface area contributed by atoms with Crippen LogP contribution in [0.3, 0.4) is 0 Å². The number of furan rings is 1. The predicted octanol–water partition coefficient (Wildman–Crippen LogP) is 14.8. The molecule has 9 aromatic carbocycles. The van der Waals surface area contributed by atoms with E-state index in [0.29, 0.717) is 5.89 Å². The highest BCUT2D eigenvalue weighted by atomic mass is 16.3. The predicted molar refractivity (Wildman–Crippen MR) is 239 cm³/mol. The van der Waals surface area contributed by atoms with E-state index in [0.717, 1.165) is 88.8 Å². The van der Waals surface area contributed by atoms with Crippen LogP contribution in [0.25, 0.3) is 93.9 Å². The minimum atomic E-state index is 0.612. The van der Waals surface area contributed by atoms with Crippen LogP contribution in [0, 0.1) is 0 Å². The topological polar surface area (TPSA) is 47.3 Å². The third-order valence-electron chi connectivity index (χ3n) is 11.4. The lowest BCUT2D eigenvalue weighted by atomic mass is 9.99. The zero-order valence-electron chi connectivity index (χ0n) is 31.2. The number of oxazole rings is 1. The SMILES string of the molecule is c1ccc(-c2nc3c(-c4ccc(N(c5ccc6oc7ccccc7c6c5)c5ccc6c7ccccc7n(-c7ccccc7)c6c5)cc4)cc4ccccc4c3o2)cc1. The van der Waals surface area contributed by atoms with Gasteiger partial charge in [-0.15, -0.1) is 0 Å². The van der Waals surface area contributed by atoms with Crippen LogP contribution in [0.15, 0.2) is 209 Å². The molecule has 0 saturated heterocycles. The number of aromatic nitrogens is 2. The van der Waals surface area contributed by atoms with Gasteiger partial charge in [0, 0.05) is 60.8 Å². The van der Waals surface area contributed by atoms with Gasteiger partial charge < -0.3 is 18.3 Å². The summed E-state index contributed by atoms with van der Waals surface area (Å²) in [5.74, 6) is 0.612. The molecule has 0 aliphatic rings. The summed E-state index contributed by atoms with van der Waals surface area (Å²) in [4.78, 5) is 7.45. The number of anilines is 3. The lowest BCUT2D eigenvalue weighted by Crippen LogP contribution is -2.10. The quantitative estimate of drug-likeness (QED) is 0.170. The van der Waals surface area contributed by atoms with E-state index in [-0.39, 0.29) is 0 Å². The van der Waals surface area contributed by atoms with Crippen molar-refractivity contribution in [2.45, 2.75) is 0 Å². The summed E-state index contributed by atoms with van der Waals surface area (Å²) in [6.07, 6.45) is 0. The summed E-state index contributed by atoms with van der Waals surface area (Å²) in [7, 11) is 0. The smallest absolute Gasteiger partial charge is 0.227 e. The van der Waals surface area contributed by atoms with Crippen LogP contribution in [0.1, 0.15) is 0 Å². The molecule has 3 aromatic heterocycles. The van der Waals surface area contributed by atoms with Gasteiger partial charge >= 0.3 is 0 Å². The van der Waals surface area contributed by atoms with Crippen molar-refractivity contribution in [3.05, 3.63) is 200 Å². The lowest BCUT2D eigenvalue weighted by Gasteiger charge is -2.26. The molecule has 58 heavy (non-hydrogen) atoms. The fraction of sp³-hybridized carbons (Fsp3) is 0. The first-order chi connectivity index (χ1) is 28.7. The van der Waals surface area contributed by atoms with Gasteiger partial charge in [-0.05, 0) is 95.9 Å². The Morgan fingerprint density at radius 2 is 1.05 bits per heavy atom. The van der Waals surface area contributed by atoms with E-state index in [9.17, 15) is 0 Å². The summed E-state index contributed by atoms with van der Waals surface area (Å²) in [6.45, 7) is 0. The maximum absolute atomic E-state index is 6.54. The second-order valence-electron chi connectivity index (χ2n) is 14.8. The van der Waals surface area contributed by atoms with Crippen molar-refractivity contribution in [3.8, 4) is 28.3 Å². The highest BCUT2D eigenvalue weighted by molar-refractivity contribution is 6.12. The van der Waals surface area contributed by atoms with Crippen molar-refractivity contribution in [2.75, 3.05) is 4.90 Å². The molecule has 0 fully saturated rings. The molecule has 0 spiro atoms. The summed E-state index contributed by atoms with van der Waals surface area (Å²) in [5.41, 5.74) is 13.0. The second-order valence-corrected chi connectivity index (χ2v) is 14.8. The normalized spacial score (nSPS) is 11.8. The van der Waals surface area contributed by atoms with Crippen molar-refractivity contribution in [3.63, 3.8) is 0 Å². The van der Waals surface area contributed by atoms with Crippen LogP contribution < -0.4 is 4.90 Å². The number of benzene rings is 9. The van der Waals surface area contributed by atoms with E-state index in [4.69, 9.17) is 13.8 Å². The zero-order valence-corrected chi connectivity index (χ0v) is 31.2. The van der Waals surface area contributed by atoms with Crippen molar-refractivity contribution in [1.29, 1.82) is 0 Å². The number of rotatable bonds is 6. The highest BCUT2D eigenvalue weighted by Crippen LogP contribution is 2.43. The Kier molecular flexibility index (Phi) is 7.16. The molecule has 0 radical (unpaired) electrons. The van der Waals surface area contributed by atoms with E-state index < -0.39 is 0 Å². The Hall–Kier alpha value is -7.89. The summed E-state index contributed by atoms with van der Waals surface area (Å²) < 4.78 is 15.2. The van der Waals surface area contributed by atoms with Gasteiger partial charge in [-0.25, -0.2) is 4.98 Å². The molecule has 0 bridgehead atoms. The molecular weight excluding hydrogens is 711 g/mol. The molecule has 0 saturated carbocycles. The van der Waals surface area contributed by atoms with Crippen LogP contribution in [0.2, 0.25) is 0 Å². The van der Waals surface area contributed by atoms with Crippen molar-refractivity contribution < 1.29 is 8.83 Å². The molecule has 0 atom stereocenters. The Labute approximate surface area is 333 Å². The van der Waals surface area contributed by atoms with Crippen molar-refractivity contribution in [2.24, 2.45) is 0 Å². The molecule has 3 heterocycles. The van der Waals surface area contributed by atoms with Gasteiger partial charge in [0.2, 0.25) is 5.89 Å². The third kappa shape index (κ3) is 5.07. The molecular formula is C53H33N3O2. The Balaban J connectivity index is 1.06. The number of para-hydroxylation sites is 3. The highest BCUT2D eigenvalue weighted by Gasteiger charge is 2.21. The van der Waals surface area contributed by atoms with Crippen molar-refractivity contribution in [1.82, 2.24) is 9.55 Å². The average Bonchev–Trinajstić information content (AvgIpc) is 4.00. The Bertz CT molecular complexity index is 3510. The molecule has 12 aromatic rings. The van der Waals surface area contributed by atoms with E-state index in [1.165, 1.54) is 16.3 Å². The number of nitrogens with zero attached hydrogens (tertiary/aromatic N) is 3. The maximum atomic E-state index is 6.54. The van der Waals surface area contributed by atoms with Crippen molar-refractivity contribution >= 4 is 82.7 Å². The number of hydrogen-bond donors (Lipinski definition) is 0. The van der Waals surface area contributed by atoms with Crippen LogP contribution in [-0.4, -0.2) is 9.55 Å². The molecule has 5 heteroatoms. The maximum Gasteiger partial charge on any atom is 0.227 e. The fourth-order valence-electron chi connectivity index (χ4n) is 8.71. The van der Waals surface area contributed by atoms with E-state index >= 15 is 0 Å². The molecule has 0 aliphatic carbocycles. The van der Waals surface area contributed by atoms with E-state index in [2.05, 4.69) is 167 Å². The molecule has 272 valence electrons.